The highest BCUT2D eigenvalue weighted by atomic mass is 32.2. The molecule has 4 nitrogen and oxygen atoms in total. The Balaban J connectivity index is 1.68. The second-order valence-electron chi connectivity index (χ2n) is 8.94. The fourth-order valence-electron chi connectivity index (χ4n) is 4.80. The van der Waals surface area contributed by atoms with Gasteiger partial charge < -0.3 is 0 Å². The zero-order chi connectivity index (χ0) is 23.6. The summed E-state index contributed by atoms with van der Waals surface area (Å²) in [6.45, 7) is 3.66. The second kappa shape index (κ2) is 9.09. The van der Waals surface area contributed by atoms with Gasteiger partial charge in [0.05, 0.1) is 16.4 Å². The van der Waals surface area contributed by atoms with E-state index in [1.165, 1.54) is 24.0 Å². The molecule has 2 atom stereocenters. The van der Waals surface area contributed by atoms with Crippen molar-refractivity contribution in [3.63, 3.8) is 0 Å². The summed E-state index contributed by atoms with van der Waals surface area (Å²) in [5, 5.41) is 10.3. The number of hydrogen-bond donors (Lipinski definition) is 0. The molecule has 6 heteroatoms. The molecule has 0 aliphatic carbocycles. The maximum Gasteiger partial charge on any atom is 0.175 e. The predicted octanol–water partition coefficient (Wildman–Crippen LogP) is 5.34. The predicted molar refractivity (Wildman–Crippen MR) is 128 cm³/mol. The van der Waals surface area contributed by atoms with Crippen LogP contribution in [0.1, 0.15) is 30.9 Å². The van der Waals surface area contributed by atoms with Crippen LogP contribution in [0.5, 0.6) is 0 Å². The lowest BCUT2D eigenvalue weighted by Gasteiger charge is -2.43. The Morgan fingerprint density at radius 2 is 1.79 bits per heavy atom. The Labute approximate surface area is 195 Å². The van der Waals surface area contributed by atoms with E-state index in [2.05, 4.69) is 30.0 Å². The first-order chi connectivity index (χ1) is 15.7. The first-order valence-electron chi connectivity index (χ1n) is 11.0. The van der Waals surface area contributed by atoms with Crippen molar-refractivity contribution in [1.82, 2.24) is 4.90 Å². The SMILES string of the molecule is CC1CC(C#N)(c2cc(F)ccc2-c2ccc(S(C)(=O)=O)cc2)CCN1Cc1ccccc1. The highest BCUT2D eigenvalue weighted by molar-refractivity contribution is 7.90. The van der Waals surface area contributed by atoms with Gasteiger partial charge in [-0.15, -0.1) is 0 Å². The minimum atomic E-state index is -3.31. The smallest absolute Gasteiger partial charge is 0.175 e. The molecule has 0 bridgehead atoms. The van der Waals surface area contributed by atoms with E-state index in [4.69, 9.17) is 0 Å². The lowest BCUT2D eigenvalue weighted by molar-refractivity contribution is 0.117. The molecule has 0 aromatic heterocycles. The fourth-order valence-corrected chi connectivity index (χ4v) is 5.43. The fraction of sp³-hybridized carbons (Fsp3) is 0.296. The third-order valence-electron chi connectivity index (χ3n) is 6.63. The molecule has 1 aliphatic rings. The van der Waals surface area contributed by atoms with Crippen LogP contribution < -0.4 is 0 Å². The number of hydrogen-bond acceptors (Lipinski definition) is 4. The van der Waals surface area contributed by atoms with Crippen LogP contribution in [-0.4, -0.2) is 32.2 Å². The number of nitriles is 1. The number of likely N-dealkylation sites (tertiary alicyclic amines) is 1. The van der Waals surface area contributed by atoms with Crippen molar-refractivity contribution in [3.05, 3.63) is 89.7 Å². The first kappa shape index (κ1) is 23.2. The summed E-state index contributed by atoms with van der Waals surface area (Å²) >= 11 is 0. The van der Waals surface area contributed by atoms with Crippen molar-refractivity contribution in [2.75, 3.05) is 12.8 Å². The number of benzene rings is 3. The van der Waals surface area contributed by atoms with Crippen molar-refractivity contribution >= 4 is 9.84 Å². The lowest BCUT2D eigenvalue weighted by Crippen LogP contribution is -2.47. The molecule has 1 heterocycles. The molecule has 1 aliphatic heterocycles. The van der Waals surface area contributed by atoms with Crippen LogP contribution in [0.25, 0.3) is 11.1 Å². The number of halogens is 1. The van der Waals surface area contributed by atoms with Crippen LogP contribution in [0, 0.1) is 17.1 Å². The normalized spacial score (nSPS) is 21.5. The third kappa shape index (κ3) is 4.85. The van der Waals surface area contributed by atoms with Crippen molar-refractivity contribution < 1.29 is 12.8 Å². The molecule has 0 radical (unpaired) electrons. The molecule has 2 unspecified atom stereocenters. The van der Waals surface area contributed by atoms with E-state index < -0.39 is 15.3 Å². The van der Waals surface area contributed by atoms with Gasteiger partial charge in [0.1, 0.15) is 5.82 Å². The van der Waals surface area contributed by atoms with Gasteiger partial charge in [-0.2, -0.15) is 5.26 Å². The van der Waals surface area contributed by atoms with Gasteiger partial charge >= 0.3 is 0 Å². The van der Waals surface area contributed by atoms with Crippen molar-refractivity contribution in [3.8, 4) is 17.2 Å². The number of sulfone groups is 1. The Morgan fingerprint density at radius 1 is 1.09 bits per heavy atom. The molecule has 4 rings (SSSR count). The molecule has 3 aromatic carbocycles. The summed E-state index contributed by atoms with van der Waals surface area (Å²) in [4.78, 5) is 2.60. The van der Waals surface area contributed by atoms with Gasteiger partial charge in [0, 0.05) is 25.4 Å². The summed E-state index contributed by atoms with van der Waals surface area (Å²) in [5.74, 6) is -0.379. The van der Waals surface area contributed by atoms with E-state index in [9.17, 15) is 18.1 Å². The van der Waals surface area contributed by atoms with Crippen LogP contribution >= 0.6 is 0 Å². The molecular weight excluding hydrogens is 435 g/mol. The van der Waals surface area contributed by atoms with Gasteiger partial charge in [0.2, 0.25) is 0 Å². The van der Waals surface area contributed by atoms with Gasteiger partial charge in [0.25, 0.3) is 0 Å². The van der Waals surface area contributed by atoms with Crippen LogP contribution in [0.2, 0.25) is 0 Å². The summed E-state index contributed by atoms with van der Waals surface area (Å²) in [5.41, 5.74) is 2.61. The van der Waals surface area contributed by atoms with E-state index in [0.717, 1.165) is 24.2 Å². The van der Waals surface area contributed by atoms with E-state index in [0.29, 0.717) is 18.4 Å². The number of piperidine rings is 1. The summed E-state index contributed by atoms with van der Waals surface area (Å²) in [7, 11) is -3.31. The van der Waals surface area contributed by atoms with E-state index in [-0.39, 0.29) is 16.8 Å². The molecule has 1 fully saturated rings. The molecule has 0 amide bonds. The molecule has 1 saturated heterocycles. The Bertz CT molecular complexity index is 1280. The quantitative estimate of drug-likeness (QED) is 0.513. The van der Waals surface area contributed by atoms with Crippen molar-refractivity contribution in [1.29, 1.82) is 5.26 Å². The Hall–Kier alpha value is -3.01. The zero-order valence-corrected chi connectivity index (χ0v) is 19.6. The molecule has 0 spiro atoms. The third-order valence-corrected chi connectivity index (χ3v) is 7.75. The summed E-state index contributed by atoms with van der Waals surface area (Å²) in [6.07, 6.45) is 2.35. The van der Waals surface area contributed by atoms with Gasteiger partial charge in [-0.1, -0.05) is 48.5 Å². The first-order valence-corrected chi connectivity index (χ1v) is 12.9. The van der Waals surface area contributed by atoms with Gasteiger partial charge in [-0.25, -0.2) is 12.8 Å². The van der Waals surface area contributed by atoms with Crippen molar-refractivity contribution in [2.24, 2.45) is 0 Å². The Kier molecular flexibility index (Phi) is 6.38. The number of rotatable bonds is 5. The van der Waals surface area contributed by atoms with Gasteiger partial charge in [-0.05, 0) is 66.3 Å². The van der Waals surface area contributed by atoms with Crippen molar-refractivity contribution in [2.45, 2.75) is 42.7 Å². The van der Waals surface area contributed by atoms with Gasteiger partial charge in [-0.3, -0.25) is 4.90 Å². The van der Waals surface area contributed by atoms with Crippen LogP contribution in [0.3, 0.4) is 0 Å². The minimum Gasteiger partial charge on any atom is -0.296 e. The molecular formula is C27H27FN2O2S. The van der Waals surface area contributed by atoms with Crippen LogP contribution in [0.4, 0.5) is 4.39 Å². The second-order valence-corrected chi connectivity index (χ2v) is 11.0. The molecule has 33 heavy (non-hydrogen) atoms. The maximum absolute atomic E-state index is 14.4. The number of nitrogens with zero attached hydrogens (tertiary/aromatic N) is 2. The standard InChI is InChI=1S/C27H27FN2O2S/c1-20-17-27(19-29,14-15-30(20)18-21-6-4-3-5-7-21)26-16-23(28)10-13-25(26)22-8-11-24(12-9-22)33(2,31)32/h3-13,16,20H,14-15,17-18H2,1-2H3. The minimum absolute atomic E-state index is 0.141. The average Bonchev–Trinajstić information content (AvgIpc) is 2.81. The largest absolute Gasteiger partial charge is 0.296 e. The van der Waals surface area contributed by atoms with E-state index in [1.807, 2.05) is 18.2 Å². The molecule has 0 N–H and O–H groups in total. The van der Waals surface area contributed by atoms with E-state index >= 15 is 0 Å². The molecule has 170 valence electrons. The lowest BCUT2D eigenvalue weighted by atomic mass is 9.69. The summed E-state index contributed by atoms with van der Waals surface area (Å²) in [6, 6.07) is 24.1. The van der Waals surface area contributed by atoms with E-state index in [1.54, 1.807) is 30.3 Å². The monoisotopic (exact) mass is 462 g/mol. The zero-order valence-electron chi connectivity index (χ0n) is 18.8. The topological polar surface area (TPSA) is 61.2 Å². The van der Waals surface area contributed by atoms with Gasteiger partial charge in [0.15, 0.2) is 9.84 Å². The summed E-state index contributed by atoms with van der Waals surface area (Å²) < 4.78 is 38.1. The highest BCUT2D eigenvalue weighted by Crippen LogP contribution is 2.43. The maximum atomic E-state index is 14.4. The Morgan fingerprint density at radius 3 is 2.39 bits per heavy atom. The molecule has 3 aromatic rings. The van der Waals surface area contributed by atoms with Crippen LogP contribution in [-0.2, 0) is 21.8 Å². The van der Waals surface area contributed by atoms with Crippen LogP contribution in [0.15, 0.2) is 77.7 Å². The average molecular weight is 463 g/mol. The highest BCUT2D eigenvalue weighted by Gasteiger charge is 2.41. The molecule has 0 saturated carbocycles.